The number of thioether (sulfide) groups is 1. The van der Waals surface area contributed by atoms with Gasteiger partial charge in [0.1, 0.15) is 12.3 Å². The van der Waals surface area contributed by atoms with Crippen LogP contribution in [0.2, 0.25) is 5.02 Å². The van der Waals surface area contributed by atoms with E-state index in [1.165, 1.54) is 25.3 Å². The summed E-state index contributed by atoms with van der Waals surface area (Å²) in [7, 11) is 1.17. The second-order valence-corrected chi connectivity index (χ2v) is 6.19. The molecule has 0 bridgehead atoms. The van der Waals surface area contributed by atoms with E-state index in [0.717, 1.165) is 4.90 Å². The summed E-state index contributed by atoms with van der Waals surface area (Å²) in [4.78, 5) is 47.0. The molecular formula is C15H13ClN2O6S. The Morgan fingerprint density at radius 3 is 2.68 bits per heavy atom. The highest BCUT2D eigenvalue weighted by Gasteiger charge is 2.36. The van der Waals surface area contributed by atoms with Gasteiger partial charge in [-0.2, -0.15) is 0 Å². The van der Waals surface area contributed by atoms with E-state index in [1.54, 1.807) is 6.07 Å². The standard InChI is InChI=1S/C15H13ClN2O6S/c1-23-13(20)6-18-14(21)11(25-15(18)22)5-8-2-3-10(9(16)4-8)24-7-12(17)19/h2-5H,6-7H2,1H3,(H2,17,19). The molecule has 2 rings (SSSR count). The zero-order chi connectivity index (χ0) is 18.6. The van der Waals surface area contributed by atoms with E-state index >= 15 is 0 Å². The maximum absolute atomic E-state index is 12.2. The zero-order valence-corrected chi connectivity index (χ0v) is 14.6. The molecule has 1 aliphatic heterocycles. The van der Waals surface area contributed by atoms with Crippen LogP contribution in [0.15, 0.2) is 23.1 Å². The summed E-state index contributed by atoms with van der Waals surface area (Å²) in [6.07, 6.45) is 1.46. The molecule has 3 amide bonds. The lowest BCUT2D eigenvalue weighted by Crippen LogP contribution is -2.34. The van der Waals surface area contributed by atoms with Gasteiger partial charge in [-0.05, 0) is 35.5 Å². The zero-order valence-electron chi connectivity index (χ0n) is 13.0. The Labute approximate surface area is 151 Å². The van der Waals surface area contributed by atoms with Crippen LogP contribution in [0.5, 0.6) is 5.75 Å². The number of halogens is 1. The summed E-state index contributed by atoms with van der Waals surface area (Å²) in [5.74, 6) is -1.66. The largest absolute Gasteiger partial charge is 0.482 e. The first-order valence-corrected chi connectivity index (χ1v) is 8.04. The molecule has 2 N–H and O–H groups in total. The number of nitrogens with two attached hydrogens (primary N) is 1. The number of imide groups is 1. The van der Waals surface area contributed by atoms with Crippen molar-refractivity contribution in [1.82, 2.24) is 4.90 Å². The van der Waals surface area contributed by atoms with Crippen molar-refractivity contribution in [2.75, 3.05) is 20.3 Å². The monoisotopic (exact) mass is 384 g/mol. The Bertz CT molecular complexity index is 779. The number of methoxy groups -OCH3 is 1. The number of amides is 3. The fraction of sp³-hybridized carbons (Fsp3) is 0.200. The third-order valence-corrected chi connectivity index (χ3v) is 4.21. The average Bonchev–Trinajstić information content (AvgIpc) is 2.81. The topological polar surface area (TPSA) is 116 Å². The van der Waals surface area contributed by atoms with Gasteiger partial charge >= 0.3 is 5.97 Å². The van der Waals surface area contributed by atoms with Crippen LogP contribution in [0, 0.1) is 0 Å². The first-order chi connectivity index (χ1) is 11.8. The highest BCUT2D eigenvalue weighted by molar-refractivity contribution is 8.18. The van der Waals surface area contributed by atoms with Crippen LogP contribution in [-0.2, 0) is 19.1 Å². The number of benzene rings is 1. The molecule has 25 heavy (non-hydrogen) atoms. The van der Waals surface area contributed by atoms with Crippen LogP contribution in [-0.4, -0.2) is 48.2 Å². The van der Waals surface area contributed by atoms with E-state index in [-0.39, 0.29) is 22.3 Å². The lowest BCUT2D eigenvalue weighted by atomic mass is 10.2. The van der Waals surface area contributed by atoms with Gasteiger partial charge in [0.25, 0.3) is 17.1 Å². The first kappa shape index (κ1) is 18.8. The van der Waals surface area contributed by atoms with E-state index in [4.69, 9.17) is 22.1 Å². The van der Waals surface area contributed by atoms with Crippen LogP contribution in [0.3, 0.4) is 0 Å². The summed E-state index contributed by atoms with van der Waals surface area (Å²) in [5, 5.41) is -0.349. The Morgan fingerprint density at radius 1 is 1.36 bits per heavy atom. The number of primary amides is 1. The normalized spacial score (nSPS) is 15.6. The van der Waals surface area contributed by atoms with Crippen molar-refractivity contribution in [2.24, 2.45) is 5.73 Å². The molecule has 8 nitrogen and oxygen atoms in total. The van der Waals surface area contributed by atoms with Crippen molar-refractivity contribution in [3.05, 3.63) is 33.7 Å². The second kappa shape index (κ2) is 8.04. The van der Waals surface area contributed by atoms with Crippen LogP contribution in [0.25, 0.3) is 6.08 Å². The summed E-state index contributed by atoms with van der Waals surface area (Å²) in [5.41, 5.74) is 5.53. The van der Waals surface area contributed by atoms with Gasteiger partial charge in [0, 0.05) is 0 Å². The number of hydrogen-bond acceptors (Lipinski definition) is 7. The molecule has 1 fully saturated rings. The fourth-order valence-corrected chi connectivity index (χ4v) is 2.94. The van der Waals surface area contributed by atoms with Gasteiger partial charge in [0.2, 0.25) is 0 Å². The van der Waals surface area contributed by atoms with E-state index in [9.17, 15) is 19.2 Å². The van der Waals surface area contributed by atoms with Crippen molar-refractivity contribution >= 4 is 52.5 Å². The Balaban J connectivity index is 2.16. The van der Waals surface area contributed by atoms with Crippen LogP contribution < -0.4 is 10.5 Å². The van der Waals surface area contributed by atoms with Crippen LogP contribution in [0.4, 0.5) is 4.79 Å². The molecule has 0 atom stereocenters. The third kappa shape index (κ3) is 4.74. The molecule has 1 aromatic carbocycles. The van der Waals surface area contributed by atoms with Gasteiger partial charge in [-0.25, -0.2) is 0 Å². The van der Waals surface area contributed by atoms with Crippen molar-refractivity contribution in [3.63, 3.8) is 0 Å². The molecule has 1 aliphatic rings. The molecule has 0 aliphatic carbocycles. The van der Waals surface area contributed by atoms with E-state index < -0.39 is 29.6 Å². The summed E-state index contributed by atoms with van der Waals surface area (Å²) in [6, 6.07) is 4.61. The molecule has 1 aromatic rings. The molecule has 1 heterocycles. The Hall–Kier alpha value is -2.52. The van der Waals surface area contributed by atoms with Crippen molar-refractivity contribution in [2.45, 2.75) is 0 Å². The van der Waals surface area contributed by atoms with E-state index in [2.05, 4.69) is 4.74 Å². The molecule has 0 saturated carbocycles. The van der Waals surface area contributed by atoms with Gasteiger partial charge in [-0.15, -0.1) is 0 Å². The Morgan fingerprint density at radius 2 is 2.08 bits per heavy atom. The minimum atomic E-state index is -0.692. The lowest BCUT2D eigenvalue weighted by Gasteiger charge is -2.09. The second-order valence-electron chi connectivity index (χ2n) is 4.79. The van der Waals surface area contributed by atoms with Crippen molar-refractivity contribution in [3.8, 4) is 5.75 Å². The van der Waals surface area contributed by atoms with Crippen molar-refractivity contribution in [1.29, 1.82) is 0 Å². The van der Waals surface area contributed by atoms with Crippen LogP contribution in [0.1, 0.15) is 5.56 Å². The highest BCUT2D eigenvalue weighted by Crippen LogP contribution is 2.33. The number of carbonyl (C=O) groups is 4. The number of ether oxygens (including phenoxy) is 2. The summed E-state index contributed by atoms with van der Waals surface area (Å²) in [6.45, 7) is -0.759. The quantitative estimate of drug-likeness (QED) is 0.582. The number of esters is 1. The molecule has 10 heteroatoms. The third-order valence-electron chi connectivity index (χ3n) is 3.01. The minimum absolute atomic E-state index is 0.149. The minimum Gasteiger partial charge on any atom is -0.482 e. The maximum atomic E-state index is 12.2. The van der Waals surface area contributed by atoms with Crippen molar-refractivity contribution < 1.29 is 28.7 Å². The average molecular weight is 385 g/mol. The van der Waals surface area contributed by atoms with Gasteiger partial charge in [-0.1, -0.05) is 17.7 Å². The molecule has 0 aromatic heterocycles. The fourth-order valence-electron chi connectivity index (χ4n) is 1.85. The van der Waals surface area contributed by atoms with E-state index in [1.807, 2.05) is 0 Å². The maximum Gasteiger partial charge on any atom is 0.325 e. The predicted octanol–water partition coefficient (Wildman–Crippen LogP) is 1.41. The lowest BCUT2D eigenvalue weighted by molar-refractivity contribution is -0.143. The molecular weight excluding hydrogens is 372 g/mol. The van der Waals surface area contributed by atoms with E-state index in [0.29, 0.717) is 17.3 Å². The van der Waals surface area contributed by atoms with Gasteiger partial charge < -0.3 is 15.2 Å². The number of rotatable bonds is 6. The number of nitrogens with zero attached hydrogens (tertiary/aromatic N) is 1. The molecule has 0 unspecified atom stereocenters. The smallest absolute Gasteiger partial charge is 0.325 e. The number of hydrogen-bond donors (Lipinski definition) is 1. The predicted molar refractivity (Wildman–Crippen MR) is 90.8 cm³/mol. The molecule has 0 radical (unpaired) electrons. The summed E-state index contributed by atoms with van der Waals surface area (Å²) < 4.78 is 9.57. The molecule has 0 spiro atoms. The van der Waals surface area contributed by atoms with Gasteiger partial charge in [-0.3, -0.25) is 24.1 Å². The first-order valence-electron chi connectivity index (χ1n) is 6.84. The van der Waals surface area contributed by atoms with Gasteiger partial charge in [0.15, 0.2) is 6.61 Å². The SMILES string of the molecule is COC(=O)CN1C(=O)SC(=Cc2ccc(OCC(N)=O)c(Cl)c2)C1=O. The molecule has 1 saturated heterocycles. The van der Waals surface area contributed by atoms with Crippen LogP contribution >= 0.6 is 23.4 Å². The van der Waals surface area contributed by atoms with Gasteiger partial charge in [0.05, 0.1) is 17.0 Å². The Kier molecular flexibility index (Phi) is 6.05. The number of carbonyl (C=O) groups excluding carboxylic acids is 4. The highest BCUT2D eigenvalue weighted by atomic mass is 35.5. The summed E-state index contributed by atoms with van der Waals surface area (Å²) >= 11 is 6.75. The molecule has 132 valence electrons.